The van der Waals surface area contributed by atoms with E-state index in [0.717, 1.165) is 50.3 Å². The maximum Gasteiger partial charge on any atom is 0.0509 e. The first-order chi connectivity index (χ1) is 14.4. The van der Waals surface area contributed by atoms with E-state index in [1.807, 2.05) is 11.9 Å². The molecule has 0 spiro atoms. The largest absolute Gasteiger partial charge is 0.401 e. The van der Waals surface area contributed by atoms with Gasteiger partial charge in [0.1, 0.15) is 0 Å². The van der Waals surface area contributed by atoms with Crippen LogP contribution in [0.1, 0.15) is 72.1 Å². The van der Waals surface area contributed by atoms with Gasteiger partial charge in [-0.05, 0) is 84.1 Å². The molecule has 3 aliphatic rings. The monoisotopic (exact) mass is 437 g/mol. The smallest absolute Gasteiger partial charge is 0.0509 e. The Hall–Kier alpha value is -0.750. The fourth-order valence-electron chi connectivity index (χ4n) is 6.12. The van der Waals surface area contributed by atoms with Crippen molar-refractivity contribution < 1.29 is 0 Å². The molecule has 3 rings (SSSR count). The molecule has 2 saturated carbocycles. The van der Waals surface area contributed by atoms with Crippen LogP contribution in [0.4, 0.5) is 0 Å². The van der Waals surface area contributed by atoms with Gasteiger partial charge in [0.05, 0.1) is 5.70 Å². The van der Waals surface area contributed by atoms with Gasteiger partial charge in [0, 0.05) is 42.2 Å². The van der Waals surface area contributed by atoms with Crippen molar-refractivity contribution in [1.29, 1.82) is 0 Å². The lowest BCUT2D eigenvalue weighted by molar-refractivity contribution is 0.137. The quantitative estimate of drug-likeness (QED) is 0.210. The number of rotatable bonds is 7. The topological polar surface area (TPSA) is 79.3 Å². The molecule has 0 amide bonds. The minimum absolute atomic E-state index is 0.319. The molecule has 5 nitrogen and oxygen atoms in total. The fourth-order valence-corrected chi connectivity index (χ4v) is 6.49. The van der Waals surface area contributed by atoms with Crippen molar-refractivity contribution >= 4 is 11.6 Å². The molecule has 5 unspecified atom stereocenters. The van der Waals surface area contributed by atoms with E-state index in [0.29, 0.717) is 35.2 Å². The maximum atomic E-state index is 6.49. The van der Waals surface area contributed by atoms with Crippen LogP contribution < -0.4 is 22.2 Å². The number of nitrogens with two attached hydrogens (primary N) is 2. The van der Waals surface area contributed by atoms with Crippen molar-refractivity contribution in [3.05, 3.63) is 23.0 Å². The molecule has 0 aromatic carbocycles. The van der Waals surface area contributed by atoms with Gasteiger partial charge in [-0.2, -0.15) is 0 Å². The first-order valence-electron chi connectivity index (χ1n) is 12.2. The highest BCUT2D eigenvalue weighted by molar-refractivity contribution is 6.20. The molecule has 1 heterocycles. The third-order valence-electron chi connectivity index (χ3n) is 7.68. The number of hydrazine groups is 1. The Morgan fingerprint density at radius 3 is 2.73 bits per heavy atom. The number of hydrogen-bond donors (Lipinski definition) is 4. The molecule has 6 atom stereocenters. The van der Waals surface area contributed by atoms with E-state index in [1.165, 1.54) is 32.1 Å². The summed E-state index contributed by atoms with van der Waals surface area (Å²) in [5.41, 5.74) is 10.1. The molecular formula is C24H44ClN5. The number of halogens is 1. The van der Waals surface area contributed by atoms with Crippen molar-refractivity contribution in [2.45, 2.75) is 89.6 Å². The summed E-state index contributed by atoms with van der Waals surface area (Å²) in [4.78, 5) is 0. The molecule has 6 N–H and O–H groups in total. The Labute approximate surface area is 189 Å². The highest BCUT2D eigenvalue weighted by atomic mass is 35.5. The van der Waals surface area contributed by atoms with Crippen LogP contribution in [0, 0.1) is 17.8 Å². The lowest BCUT2D eigenvalue weighted by atomic mass is 9.67. The van der Waals surface area contributed by atoms with Crippen LogP contribution >= 0.6 is 11.6 Å². The summed E-state index contributed by atoms with van der Waals surface area (Å²) in [5, 5.41) is 9.65. The average molecular weight is 438 g/mol. The van der Waals surface area contributed by atoms with Gasteiger partial charge in [-0.3, -0.25) is 0 Å². The molecular weight excluding hydrogens is 394 g/mol. The van der Waals surface area contributed by atoms with Gasteiger partial charge in [0.2, 0.25) is 0 Å². The van der Waals surface area contributed by atoms with Gasteiger partial charge >= 0.3 is 0 Å². The minimum Gasteiger partial charge on any atom is -0.401 e. The lowest BCUT2D eigenvalue weighted by Gasteiger charge is -2.45. The molecule has 0 radical (unpaired) electrons. The molecule has 172 valence electrons. The average Bonchev–Trinajstić information content (AvgIpc) is 2.74. The van der Waals surface area contributed by atoms with Crippen LogP contribution in [0.3, 0.4) is 0 Å². The molecule has 30 heavy (non-hydrogen) atoms. The van der Waals surface area contributed by atoms with E-state index in [-0.39, 0.29) is 0 Å². The third kappa shape index (κ3) is 5.93. The Morgan fingerprint density at radius 1 is 1.30 bits per heavy atom. The number of alkyl halides is 1. The van der Waals surface area contributed by atoms with Gasteiger partial charge in [-0.1, -0.05) is 18.1 Å². The normalized spacial score (nSPS) is 34.7. The lowest BCUT2D eigenvalue weighted by Crippen LogP contribution is -2.49. The first-order valence-corrected chi connectivity index (χ1v) is 12.6. The van der Waals surface area contributed by atoms with Crippen molar-refractivity contribution in [3.63, 3.8) is 0 Å². The highest BCUT2D eigenvalue weighted by Crippen LogP contribution is 2.44. The predicted octanol–water partition coefficient (Wildman–Crippen LogP) is 3.85. The third-order valence-corrected chi connectivity index (χ3v) is 8.08. The summed E-state index contributed by atoms with van der Waals surface area (Å²) in [5.74, 6) is 8.06. The maximum absolute atomic E-state index is 6.49. The summed E-state index contributed by atoms with van der Waals surface area (Å²) in [6.45, 7) is 9.42. The summed E-state index contributed by atoms with van der Waals surface area (Å²) in [7, 11) is 0. The zero-order chi connectivity index (χ0) is 21.7. The first kappa shape index (κ1) is 23.9. The van der Waals surface area contributed by atoms with Crippen LogP contribution in [-0.4, -0.2) is 42.1 Å². The van der Waals surface area contributed by atoms with Crippen LogP contribution in [0.2, 0.25) is 0 Å². The zero-order valence-corrected chi connectivity index (χ0v) is 20.1. The number of nitrogens with one attached hydrogen (secondary N) is 2. The summed E-state index contributed by atoms with van der Waals surface area (Å²) >= 11 is 6.49. The molecule has 1 aliphatic heterocycles. The van der Waals surface area contributed by atoms with Gasteiger partial charge in [0.15, 0.2) is 0 Å². The van der Waals surface area contributed by atoms with Crippen molar-refractivity contribution in [1.82, 2.24) is 15.6 Å². The van der Waals surface area contributed by atoms with Crippen LogP contribution in [-0.2, 0) is 0 Å². The molecule has 0 aromatic heterocycles. The number of hydrogen-bond acceptors (Lipinski definition) is 5. The molecule has 0 bridgehead atoms. The van der Waals surface area contributed by atoms with Gasteiger partial charge in [-0.25, -0.2) is 5.84 Å². The molecule has 6 heteroatoms. The second-order valence-corrected chi connectivity index (χ2v) is 10.4. The summed E-state index contributed by atoms with van der Waals surface area (Å²) < 4.78 is 0. The van der Waals surface area contributed by atoms with E-state index in [2.05, 4.69) is 30.6 Å². The van der Waals surface area contributed by atoms with Gasteiger partial charge in [0.25, 0.3) is 0 Å². The zero-order valence-electron chi connectivity index (χ0n) is 19.3. The summed E-state index contributed by atoms with van der Waals surface area (Å²) in [6, 6.07) is 0.952. The predicted molar refractivity (Wildman–Crippen MR) is 128 cm³/mol. The van der Waals surface area contributed by atoms with Crippen LogP contribution in [0.5, 0.6) is 0 Å². The SMILES string of the molecule is CCN(N)/C(=C(/C)N)C1CCC(C2=CCNCC2)CC1[C@@H](C)NC1CCCC(Cl)C1. The van der Waals surface area contributed by atoms with Gasteiger partial charge in [-0.15, -0.1) is 11.6 Å². The Bertz CT molecular complexity index is 615. The Morgan fingerprint density at radius 2 is 2.10 bits per heavy atom. The van der Waals surface area contributed by atoms with Crippen molar-refractivity contribution in [2.24, 2.45) is 29.3 Å². The molecule has 2 aliphatic carbocycles. The Balaban J connectivity index is 1.80. The van der Waals surface area contributed by atoms with Gasteiger partial charge < -0.3 is 21.4 Å². The number of allylic oxidation sites excluding steroid dienone is 2. The van der Waals surface area contributed by atoms with Crippen molar-refractivity contribution in [3.8, 4) is 0 Å². The second-order valence-electron chi connectivity index (χ2n) is 9.78. The van der Waals surface area contributed by atoms with E-state index in [4.69, 9.17) is 23.2 Å². The van der Waals surface area contributed by atoms with Crippen molar-refractivity contribution in [2.75, 3.05) is 19.6 Å². The molecule has 2 fully saturated rings. The second kappa shape index (κ2) is 11.2. The van der Waals surface area contributed by atoms with Crippen LogP contribution in [0.25, 0.3) is 0 Å². The molecule has 0 saturated heterocycles. The Kier molecular flexibility index (Phi) is 8.94. The summed E-state index contributed by atoms with van der Waals surface area (Å²) in [6.07, 6.45) is 12.0. The number of nitrogens with zero attached hydrogens (tertiary/aromatic N) is 1. The molecule has 0 aromatic rings. The standard InChI is InChI=1S/C24H44ClN5/c1-4-30(27)24(16(2)26)22-9-8-19(18-10-12-28-13-11-18)14-23(22)17(3)29-21-7-5-6-20(25)15-21/h10,17,19-23,28-29H,4-9,11-15,26-27H2,1-3H3/b24-16-/t17-,19?,20?,21?,22?,23?/m1/s1. The van der Waals surface area contributed by atoms with Crippen LogP contribution in [0.15, 0.2) is 23.0 Å². The van der Waals surface area contributed by atoms with E-state index in [1.54, 1.807) is 5.57 Å². The highest BCUT2D eigenvalue weighted by Gasteiger charge is 2.39. The fraction of sp³-hybridized carbons (Fsp3) is 0.833. The minimum atomic E-state index is 0.319. The van der Waals surface area contributed by atoms with E-state index < -0.39 is 0 Å². The van der Waals surface area contributed by atoms with E-state index in [9.17, 15) is 0 Å². The van der Waals surface area contributed by atoms with E-state index >= 15 is 0 Å².